The van der Waals surface area contributed by atoms with E-state index in [1.54, 1.807) is 0 Å². The summed E-state index contributed by atoms with van der Waals surface area (Å²) in [6.07, 6.45) is 0. The molecular weight excluding hydrogens is 240 g/mol. The lowest BCUT2D eigenvalue weighted by Crippen LogP contribution is -2.01. The first-order chi connectivity index (χ1) is 7.49. The van der Waals surface area contributed by atoms with Crippen molar-refractivity contribution in [2.75, 3.05) is 0 Å². The van der Waals surface area contributed by atoms with Crippen LogP contribution in [-0.4, -0.2) is 16.1 Å². The number of hydrogen-bond acceptors (Lipinski definition) is 2. The van der Waals surface area contributed by atoms with E-state index in [1.807, 2.05) is 0 Å². The van der Waals surface area contributed by atoms with E-state index >= 15 is 0 Å². The number of nitrogens with zero attached hydrogens (tertiary/aromatic N) is 1. The molecule has 0 aliphatic heterocycles. The molecular formula is C10H4ClF2NO2. The van der Waals surface area contributed by atoms with Crippen molar-refractivity contribution >= 4 is 28.3 Å². The summed E-state index contributed by atoms with van der Waals surface area (Å²) in [5, 5.41) is 8.43. The molecule has 3 nitrogen and oxygen atoms in total. The standard InChI is InChI=1S/C10H4ClF2NO2/c11-9-6-1-4(12)2-7(13)5(6)3-8(14-9)10(15)16/h1-3H,(H,15,16). The number of aromatic nitrogens is 1. The number of rotatable bonds is 1. The van der Waals surface area contributed by atoms with Crippen LogP contribution in [0.2, 0.25) is 5.15 Å². The van der Waals surface area contributed by atoms with Gasteiger partial charge in [-0.1, -0.05) is 11.6 Å². The predicted molar refractivity (Wildman–Crippen MR) is 53.6 cm³/mol. The zero-order chi connectivity index (χ0) is 11.9. The van der Waals surface area contributed by atoms with Crippen LogP contribution in [0.3, 0.4) is 0 Å². The van der Waals surface area contributed by atoms with Crippen molar-refractivity contribution in [2.24, 2.45) is 0 Å². The Hall–Kier alpha value is -1.75. The van der Waals surface area contributed by atoms with Crippen LogP contribution in [-0.2, 0) is 0 Å². The van der Waals surface area contributed by atoms with Crippen LogP contribution < -0.4 is 0 Å². The molecule has 0 saturated carbocycles. The molecule has 0 saturated heterocycles. The Balaban J connectivity index is 2.87. The van der Waals surface area contributed by atoms with Gasteiger partial charge in [-0.3, -0.25) is 0 Å². The highest BCUT2D eigenvalue weighted by Gasteiger charge is 2.13. The van der Waals surface area contributed by atoms with Gasteiger partial charge in [0.2, 0.25) is 0 Å². The first-order valence-corrected chi connectivity index (χ1v) is 4.55. The van der Waals surface area contributed by atoms with Gasteiger partial charge in [0.15, 0.2) is 5.69 Å². The number of aromatic carboxylic acids is 1. The molecule has 0 aliphatic carbocycles. The van der Waals surface area contributed by atoms with Crippen LogP contribution in [0.1, 0.15) is 10.5 Å². The third kappa shape index (κ3) is 1.69. The second kappa shape index (κ2) is 3.68. The number of benzene rings is 1. The molecule has 0 spiro atoms. The van der Waals surface area contributed by atoms with E-state index in [0.717, 1.165) is 12.1 Å². The summed E-state index contributed by atoms with van der Waals surface area (Å²) in [7, 11) is 0. The fraction of sp³-hybridized carbons (Fsp3) is 0. The van der Waals surface area contributed by atoms with Gasteiger partial charge in [0.05, 0.1) is 0 Å². The number of carboxylic acid groups (broad SMARTS) is 1. The molecule has 0 atom stereocenters. The van der Waals surface area contributed by atoms with Crippen molar-refractivity contribution in [3.8, 4) is 0 Å². The Morgan fingerprint density at radius 1 is 1.25 bits per heavy atom. The zero-order valence-electron chi connectivity index (χ0n) is 7.67. The average Bonchev–Trinajstić information content (AvgIpc) is 2.19. The van der Waals surface area contributed by atoms with Gasteiger partial charge in [-0.25, -0.2) is 18.6 Å². The maximum Gasteiger partial charge on any atom is 0.354 e. The van der Waals surface area contributed by atoms with Crippen molar-refractivity contribution in [2.45, 2.75) is 0 Å². The van der Waals surface area contributed by atoms with E-state index in [9.17, 15) is 13.6 Å². The summed E-state index contributed by atoms with van der Waals surface area (Å²) in [5.41, 5.74) is -0.386. The molecule has 0 bridgehead atoms. The molecule has 0 unspecified atom stereocenters. The fourth-order valence-corrected chi connectivity index (χ4v) is 1.59. The number of halogens is 3. The van der Waals surface area contributed by atoms with Crippen molar-refractivity contribution < 1.29 is 18.7 Å². The zero-order valence-corrected chi connectivity index (χ0v) is 8.42. The van der Waals surface area contributed by atoms with Crippen LogP contribution >= 0.6 is 11.6 Å². The van der Waals surface area contributed by atoms with Gasteiger partial charge in [0.25, 0.3) is 0 Å². The Bertz CT molecular complexity index is 601. The van der Waals surface area contributed by atoms with Crippen LogP contribution in [0.25, 0.3) is 10.8 Å². The smallest absolute Gasteiger partial charge is 0.354 e. The van der Waals surface area contributed by atoms with Crippen molar-refractivity contribution in [3.63, 3.8) is 0 Å². The number of pyridine rings is 1. The van der Waals surface area contributed by atoms with E-state index in [-0.39, 0.29) is 21.6 Å². The minimum absolute atomic E-state index is 0.0455. The quantitative estimate of drug-likeness (QED) is 0.784. The molecule has 2 aromatic rings. The molecule has 0 radical (unpaired) electrons. The fourth-order valence-electron chi connectivity index (χ4n) is 1.35. The number of hydrogen-bond donors (Lipinski definition) is 1. The summed E-state index contributed by atoms with van der Waals surface area (Å²) in [6, 6.07) is 2.67. The molecule has 82 valence electrons. The topological polar surface area (TPSA) is 50.2 Å². The molecule has 0 aliphatic rings. The maximum absolute atomic E-state index is 13.4. The third-order valence-corrected chi connectivity index (χ3v) is 2.32. The molecule has 2 rings (SSSR count). The second-order valence-corrected chi connectivity index (χ2v) is 3.44. The molecule has 0 fully saturated rings. The molecule has 0 amide bonds. The Morgan fingerprint density at radius 3 is 2.56 bits per heavy atom. The summed E-state index contributed by atoms with van der Waals surface area (Å²) >= 11 is 5.64. The van der Waals surface area contributed by atoms with E-state index < -0.39 is 17.6 Å². The Labute approximate surface area is 93.3 Å². The van der Waals surface area contributed by atoms with Crippen molar-refractivity contribution in [1.29, 1.82) is 0 Å². The SMILES string of the molecule is O=C(O)c1cc2c(F)cc(F)cc2c(Cl)n1. The highest BCUT2D eigenvalue weighted by atomic mass is 35.5. The predicted octanol–water partition coefficient (Wildman–Crippen LogP) is 2.86. The summed E-state index contributed by atoms with van der Waals surface area (Å²) in [5.74, 6) is -2.99. The van der Waals surface area contributed by atoms with Gasteiger partial charge >= 0.3 is 5.97 Å². The Kier molecular flexibility index (Phi) is 2.47. The average molecular weight is 244 g/mol. The van der Waals surface area contributed by atoms with Gasteiger partial charge in [-0.05, 0) is 12.1 Å². The summed E-state index contributed by atoms with van der Waals surface area (Å²) in [6.45, 7) is 0. The number of fused-ring (bicyclic) bond motifs is 1. The number of carbonyl (C=O) groups is 1. The molecule has 16 heavy (non-hydrogen) atoms. The lowest BCUT2D eigenvalue weighted by atomic mass is 10.1. The van der Waals surface area contributed by atoms with Gasteiger partial charge < -0.3 is 5.11 Å². The molecule has 1 aromatic carbocycles. The summed E-state index contributed by atoms with van der Waals surface area (Å²) in [4.78, 5) is 14.2. The van der Waals surface area contributed by atoms with E-state index in [1.165, 1.54) is 0 Å². The van der Waals surface area contributed by atoms with Crippen LogP contribution in [0.4, 0.5) is 8.78 Å². The lowest BCUT2D eigenvalue weighted by molar-refractivity contribution is 0.0690. The minimum Gasteiger partial charge on any atom is -0.477 e. The third-order valence-electron chi connectivity index (χ3n) is 2.04. The monoisotopic (exact) mass is 243 g/mol. The normalized spacial score (nSPS) is 10.7. The van der Waals surface area contributed by atoms with Gasteiger partial charge in [-0.2, -0.15) is 0 Å². The van der Waals surface area contributed by atoms with Gasteiger partial charge in [-0.15, -0.1) is 0 Å². The molecule has 1 N–H and O–H groups in total. The lowest BCUT2D eigenvalue weighted by Gasteiger charge is -2.03. The number of carboxylic acids is 1. The first kappa shape index (κ1) is 10.8. The largest absolute Gasteiger partial charge is 0.477 e. The van der Waals surface area contributed by atoms with Gasteiger partial charge in [0.1, 0.15) is 16.8 Å². The highest BCUT2D eigenvalue weighted by Crippen LogP contribution is 2.26. The van der Waals surface area contributed by atoms with Crippen LogP contribution in [0.15, 0.2) is 18.2 Å². The second-order valence-electron chi connectivity index (χ2n) is 3.09. The molecule has 1 aromatic heterocycles. The van der Waals surface area contributed by atoms with Crippen LogP contribution in [0.5, 0.6) is 0 Å². The first-order valence-electron chi connectivity index (χ1n) is 4.17. The van der Waals surface area contributed by atoms with Gasteiger partial charge in [0, 0.05) is 16.8 Å². The van der Waals surface area contributed by atoms with E-state index in [0.29, 0.717) is 6.07 Å². The van der Waals surface area contributed by atoms with Crippen molar-refractivity contribution in [1.82, 2.24) is 4.98 Å². The van der Waals surface area contributed by atoms with Crippen molar-refractivity contribution in [3.05, 3.63) is 40.7 Å². The Morgan fingerprint density at radius 2 is 1.94 bits per heavy atom. The van der Waals surface area contributed by atoms with E-state index in [2.05, 4.69) is 4.98 Å². The minimum atomic E-state index is -1.33. The molecule has 6 heteroatoms. The van der Waals surface area contributed by atoms with Crippen LogP contribution in [0, 0.1) is 11.6 Å². The maximum atomic E-state index is 13.4. The molecule has 1 heterocycles. The summed E-state index contributed by atoms with van der Waals surface area (Å²) < 4.78 is 26.2. The van der Waals surface area contributed by atoms with E-state index in [4.69, 9.17) is 16.7 Å². The highest BCUT2D eigenvalue weighted by molar-refractivity contribution is 6.34.